The molecular formula is C11H15N. The van der Waals surface area contributed by atoms with E-state index in [1.807, 2.05) is 19.2 Å². The molecule has 1 rings (SSSR count). The molecule has 0 fully saturated rings. The average molecular weight is 161 g/mol. The summed E-state index contributed by atoms with van der Waals surface area (Å²) in [5, 5.41) is 0. The highest BCUT2D eigenvalue weighted by molar-refractivity contribution is 5.60. The molecule has 0 amide bonds. The lowest BCUT2D eigenvalue weighted by Crippen LogP contribution is -1.84. The van der Waals surface area contributed by atoms with Gasteiger partial charge in [0.25, 0.3) is 0 Å². The van der Waals surface area contributed by atoms with Gasteiger partial charge < -0.3 is 0 Å². The summed E-state index contributed by atoms with van der Waals surface area (Å²) in [6.45, 7) is 6.31. The second-order valence-corrected chi connectivity index (χ2v) is 3.14. The van der Waals surface area contributed by atoms with E-state index in [0.717, 1.165) is 5.69 Å². The zero-order valence-corrected chi connectivity index (χ0v) is 7.91. The number of hydrogen-bond donors (Lipinski definition) is 0. The van der Waals surface area contributed by atoms with Crippen LogP contribution >= 0.6 is 0 Å². The smallest absolute Gasteiger partial charge is 0.0628 e. The van der Waals surface area contributed by atoms with E-state index in [2.05, 4.69) is 37.0 Å². The van der Waals surface area contributed by atoms with Crippen molar-refractivity contribution in [3.63, 3.8) is 0 Å². The van der Waals surface area contributed by atoms with Crippen LogP contribution in [0.1, 0.15) is 32.3 Å². The Kier molecular flexibility index (Phi) is 3.03. The molecule has 1 aromatic rings. The first-order chi connectivity index (χ1) is 5.74. The van der Waals surface area contributed by atoms with Gasteiger partial charge in [0, 0.05) is 6.21 Å². The number of rotatable bonds is 2. The van der Waals surface area contributed by atoms with E-state index < -0.39 is 0 Å². The van der Waals surface area contributed by atoms with Crippen LogP contribution in [-0.2, 0) is 0 Å². The molecule has 64 valence electrons. The van der Waals surface area contributed by atoms with Gasteiger partial charge in [0.1, 0.15) is 0 Å². The molecule has 0 radical (unpaired) electrons. The maximum Gasteiger partial charge on any atom is 0.0628 e. The summed E-state index contributed by atoms with van der Waals surface area (Å²) in [5.74, 6) is 0.581. The molecule has 1 heteroatoms. The monoisotopic (exact) mass is 161 g/mol. The van der Waals surface area contributed by atoms with Crippen LogP contribution in [0.5, 0.6) is 0 Å². The van der Waals surface area contributed by atoms with E-state index in [1.165, 1.54) is 5.56 Å². The molecule has 0 saturated carbocycles. The Labute approximate surface area is 74.2 Å². The molecule has 0 unspecified atom stereocenters. The maximum atomic E-state index is 4.22. The zero-order chi connectivity index (χ0) is 8.97. The lowest BCUT2D eigenvalue weighted by molar-refractivity contribution is 0.867. The first kappa shape index (κ1) is 8.98. The molecule has 12 heavy (non-hydrogen) atoms. The molecule has 1 nitrogen and oxygen atoms in total. The van der Waals surface area contributed by atoms with Gasteiger partial charge in [0.2, 0.25) is 0 Å². The van der Waals surface area contributed by atoms with Crippen LogP contribution in [0.15, 0.2) is 29.3 Å². The third-order valence-electron chi connectivity index (χ3n) is 1.82. The Morgan fingerprint density at radius 2 is 2.08 bits per heavy atom. The van der Waals surface area contributed by atoms with Crippen LogP contribution < -0.4 is 0 Å². The van der Waals surface area contributed by atoms with Crippen LogP contribution in [0.3, 0.4) is 0 Å². The average Bonchev–Trinajstić information content (AvgIpc) is 2.05. The van der Waals surface area contributed by atoms with Gasteiger partial charge in [-0.15, -0.1) is 0 Å². The van der Waals surface area contributed by atoms with Crippen molar-refractivity contribution >= 4 is 11.9 Å². The fraction of sp³-hybridized carbons (Fsp3) is 0.364. The quantitative estimate of drug-likeness (QED) is 0.588. The van der Waals surface area contributed by atoms with Crippen molar-refractivity contribution in [2.24, 2.45) is 4.99 Å². The Morgan fingerprint density at radius 3 is 2.67 bits per heavy atom. The van der Waals surface area contributed by atoms with Gasteiger partial charge in [-0.1, -0.05) is 26.0 Å². The molecule has 0 saturated heterocycles. The largest absolute Gasteiger partial charge is 0.262 e. The van der Waals surface area contributed by atoms with Gasteiger partial charge >= 0.3 is 0 Å². The highest BCUT2D eigenvalue weighted by Crippen LogP contribution is 2.19. The molecule has 0 atom stereocenters. The fourth-order valence-corrected chi connectivity index (χ4v) is 1.11. The first-order valence-electron chi connectivity index (χ1n) is 4.32. The van der Waals surface area contributed by atoms with E-state index in [4.69, 9.17) is 0 Å². The highest BCUT2D eigenvalue weighted by atomic mass is 14.7. The summed E-state index contributed by atoms with van der Waals surface area (Å²) >= 11 is 0. The number of nitrogens with zero attached hydrogens (tertiary/aromatic N) is 1. The molecule has 0 aliphatic carbocycles. The van der Waals surface area contributed by atoms with Crippen LogP contribution in [0, 0.1) is 0 Å². The van der Waals surface area contributed by atoms with Crippen LogP contribution in [0.4, 0.5) is 5.69 Å². The van der Waals surface area contributed by atoms with Gasteiger partial charge in [0.05, 0.1) is 5.69 Å². The van der Waals surface area contributed by atoms with E-state index in [-0.39, 0.29) is 0 Å². The topological polar surface area (TPSA) is 12.4 Å². The van der Waals surface area contributed by atoms with E-state index in [9.17, 15) is 0 Å². The minimum absolute atomic E-state index is 0.581. The summed E-state index contributed by atoms with van der Waals surface area (Å²) < 4.78 is 0. The minimum atomic E-state index is 0.581. The van der Waals surface area contributed by atoms with Crippen molar-refractivity contribution in [2.75, 3.05) is 0 Å². The first-order valence-corrected chi connectivity index (χ1v) is 4.32. The summed E-state index contributed by atoms with van der Waals surface area (Å²) in [4.78, 5) is 4.22. The Hall–Kier alpha value is -1.11. The lowest BCUT2D eigenvalue weighted by atomic mass is 10.0. The van der Waals surface area contributed by atoms with Crippen LogP contribution in [0.25, 0.3) is 0 Å². The third-order valence-corrected chi connectivity index (χ3v) is 1.82. The lowest BCUT2D eigenvalue weighted by Gasteiger charge is -2.04. The van der Waals surface area contributed by atoms with Crippen LogP contribution in [0.2, 0.25) is 0 Å². The molecule has 0 aliphatic rings. The predicted octanol–water partition coefficient (Wildman–Crippen LogP) is 3.53. The Bertz CT molecular complexity index is 274. The normalized spacial score (nSPS) is 11.3. The van der Waals surface area contributed by atoms with Crippen molar-refractivity contribution in [3.8, 4) is 0 Å². The van der Waals surface area contributed by atoms with E-state index >= 15 is 0 Å². The van der Waals surface area contributed by atoms with Crippen molar-refractivity contribution in [3.05, 3.63) is 29.8 Å². The number of aliphatic imine (C=N–C) groups is 1. The van der Waals surface area contributed by atoms with Gasteiger partial charge in [-0.2, -0.15) is 0 Å². The second-order valence-electron chi connectivity index (χ2n) is 3.14. The summed E-state index contributed by atoms with van der Waals surface area (Å²) in [6.07, 6.45) is 1.82. The Balaban J connectivity index is 2.95. The zero-order valence-electron chi connectivity index (χ0n) is 7.91. The van der Waals surface area contributed by atoms with E-state index in [1.54, 1.807) is 0 Å². The molecule has 0 aliphatic heterocycles. The highest BCUT2D eigenvalue weighted by Gasteiger charge is 1.97. The predicted molar refractivity (Wildman–Crippen MR) is 54.4 cm³/mol. The molecule has 0 N–H and O–H groups in total. The van der Waals surface area contributed by atoms with Crippen molar-refractivity contribution < 1.29 is 0 Å². The number of benzene rings is 1. The van der Waals surface area contributed by atoms with Crippen molar-refractivity contribution in [2.45, 2.75) is 26.7 Å². The summed E-state index contributed by atoms with van der Waals surface area (Å²) in [6, 6.07) is 8.34. The van der Waals surface area contributed by atoms with Crippen LogP contribution in [-0.4, -0.2) is 6.21 Å². The molecule has 1 aromatic carbocycles. The standard InChI is InChI=1S/C11H15N/c1-4-12-11-7-5-6-10(8-11)9(2)3/h4-9H,1-3H3/b12-4+. The Morgan fingerprint density at radius 1 is 1.33 bits per heavy atom. The van der Waals surface area contributed by atoms with Gasteiger partial charge in [-0.25, -0.2) is 0 Å². The molecular weight excluding hydrogens is 146 g/mol. The van der Waals surface area contributed by atoms with Crippen molar-refractivity contribution in [1.29, 1.82) is 0 Å². The summed E-state index contributed by atoms with van der Waals surface area (Å²) in [7, 11) is 0. The molecule has 0 heterocycles. The third kappa shape index (κ3) is 2.19. The maximum absolute atomic E-state index is 4.22. The fourth-order valence-electron chi connectivity index (χ4n) is 1.11. The van der Waals surface area contributed by atoms with Gasteiger partial charge in [-0.3, -0.25) is 4.99 Å². The number of hydrogen-bond acceptors (Lipinski definition) is 1. The molecule has 0 bridgehead atoms. The van der Waals surface area contributed by atoms with E-state index in [0.29, 0.717) is 5.92 Å². The van der Waals surface area contributed by atoms with Crippen molar-refractivity contribution in [1.82, 2.24) is 0 Å². The minimum Gasteiger partial charge on any atom is -0.262 e. The molecule has 0 aromatic heterocycles. The van der Waals surface area contributed by atoms with Gasteiger partial charge in [0.15, 0.2) is 0 Å². The molecule has 0 spiro atoms. The SMILES string of the molecule is C/C=N/c1cccc(C(C)C)c1. The van der Waals surface area contributed by atoms with Gasteiger partial charge in [-0.05, 0) is 30.5 Å². The second kappa shape index (κ2) is 4.05. The summed E-state index contributed by atoms with van der Waals surface area (Å²) in [5.41, 5.74) is 2.39.